The van der Waals surface area contributed by atoms with Gasteiger partial charge in [-0.05, 0) is 25.7 Å². The fourth-order valence-electron chi connectivity index (χ4n) is 0.932. The third kappa shape index (κ3) is 9.28. The van der Waals surface area contributed by atoms with Gasteiger partial charge in [0.2, 0.25) is 0 Å². The maximum atomic E-state index is 8.52. The summed E-state index contributed by atoms with van der Waals surface area (Å²) in [4.78, 5) is 4.07. The average molecular weight is 203 g/mol. The highest BCUT2D eigenvalue weighted by Gasteiger charge is 1.91. The molecule has 0 aliphatic heterocycles. The van der Waals surface area contributed by atoms with Crippen LogP contribution in [0.3, 0.4) is 0 Å². The topological polar surface area (TPSA) is 90.9 Å². The molecule has 0 aromatic carbocycles. The number of nitrogens with two attached hydrogens (primary N) is 1. The van der Waals surface area contributed by atoms with Crippen molar-refractivity contribution in [3.05, 3.63) is 0 Å². The second-order valence-electron chi connectivity index (χ2n) is 3.06. The number of rotatable bonds is 8. The van der Waals surface area contributed by atoms with Crippen LogP contribution in [0.2, 0.25) is 0 Å². The molecule has 0 bridgehead atoms. The van der Waals surface area contributed by atoms with Crippen LogP contribution >= 0.6 is 0 Å². The number of nitrogens with one attached hydrogen (secondary N) is 1. The number of nitrogens with zero attached hydrogens (tertiary/aromatic N) is 1. The first-order chi connectivity index (χ1) is 6.81. The Morgan fingerprint density at radius 1 is 1.07 bits per heavy atom. The summed E-state index contributed by atoms with van der Waals surface area (Å²) >= 11 is 0. The molecule has 0 aliphatic rings. The quantitative estimate of drug-likeness (QED) is 0.242. The molecule has 0 rings (SSSR count). The standard InChI is InChI=1S/C9H21N3O2/c10-9(11-5-1-3-7-13)12-6-2-4-8-14/h13-14H,1-8H2,(H3,10,11,12). The lowest BCUT2D eigenvalue weighted by Gasteiger charge is -2.04. The molecule has 14 heavy (non-hydrogen) atoms. The zero-order valence-corrected chi connectivity index (χ0v) is 8.58. The van der Waals surface area contributed by atoms with Gasteiger partial charge in [0.05, 0.1) is 0 Å². The molecule has 5 nitrogen and oxygen atoms in total. The van der Waals surface area contributed by atoms with Gasteiger partial charge in [-0.25, -0.2) is 0 Å². The van der Waals surface area contributed by atoms with Gasteiger partial charge in [-0.15, -0.1) is 0 Å². The van der Waals surface area contributed by atoms with Crippen molar-refractivity contribution in [2.75, 3.05) is 26.3 Å². The predicted octanol–water partition coefficient (Wildman–Crippen LogP) is -0.564. The minimum atomic E-state index is 0.208. The van der Waals surface area contributed by atoms with Crippen molar-refractivity contribution in [3.63, 3.8) is 0 Å². The van der Waals surface area contributed by atoms with Gasteiger partial charge in [0.25, 0.3) is 0 Å². The lowest BCUT2D eigenvalue weighted by atomic mass is 10.3. The largest absolute Gasteiger partial charge is 0.396 e. The van der Waals surface area contributed by atoms with E-state index in [9.17, 15) is 0 Å². The predicted molar refractivity (Wildman–Crippen MR) is 57.1 cm³/mol. The second-order valence-corrected chi connectivity index (χ2v) is 3.06. The summed E-state index contributed by atoms with van der Waals surface area (Å²) in [5, 5.41) is 20.0. The van der Waals surface area contributed by atoms with Gasteiger partial charge >= 0.3 is 0 Å². The monoisotopic (exact) mass is 203 g/mol. The molecular formula is C9H21N3O2. The number of unbranched alkanes of at least 4 members (excludes halogenated alkanes) is 2. The van der Waals surface area contributed by atoms with Crippen molar-refractivity contribution < 1.29 is 10.2 Å². The molecule has 0 radical (unpaired) electrons. The maximum absolute atomic E-state index is 8.52. The van der Waals surface area contributed by atoms with Crippen molar-refractivity contribution >= 4 is 5.96 Å². The van der Waals surface area contributed by atoms with Gasteiger partial charge in [-0.1, -0.05) is 0 Å². The van der Waals surface area contributed by atoms with Crippen LogP contribution in [0.5, 0.6) is 0 Å². The van der Waals surface area contributed by atoms with Gasteiger partial charge in [0.1, 0.15) is 0 Å². The van der Waals surface area contributed by atoms with Crippen molar-refractivity contribution in [3.8, 4) is 0 Å². The molecule has 0 aromatic heterocycles. The van der Waals surface area contributed by atoms with Crippen LogP contribution in [0, 0.1) is 0 Å². The average Bonchev–Trinajstić information content (AvgIpc) is 2.19. The molecule has 5 heteroatoms. The fraction of sp³-hybridized carbons (Fsp3) is 0.889. The second kappa shape index (κ2) is 10.3. The van der Waals surface area contributed by atoms with Crippen molar-refractivity contribution in [2.45, 2.75) is 25.7 Å². The van der Waals surface area contributed by atoms with E-state index in [1.807, 2.05) is 0 Å². The van der Waals surface area contributed by atoms with Crippen LogP contribution in [-0.2, 0) is 0 Å². The van der Waals surface area contributed by atoms with E-state index in [-0.39, 0.29) is 13.2 Å². The summed E-state index contributed by atoms with van der Waals surface area (Å²) in [6.45, 7) is 1.82. The summed E-state index contributed by atoms with van der Waals surface area (Å²) in [7, 11) is 0. The Morgan fingerprint density at radius 3 is 2.36 bits per heavy atom. The van der Waals surface area contributed by atoms with E-state index < -0.39 is 0 Å². The smallest absolute Gasteiger partial charge is 0.188 e. The molecule has 0 saturated heterocycles. The first-order valence-corrected chi connectivity index (χ1v) is 5.06. The Balaban J connectivity index is 3.28. The lowest BCUT2D eigenvalue weighted by molar-refractivity contribution is 0.285. The number of aliphatic hydroxyl groups excluding tert-OH is 2. The van der Waals surface area contributed by atoms with Crippen molar-refractivity contribution in [2.24, 2.45) is 10.7 Å². The van der Waals surface area contributed by atoms with E-state index in [2.05, 4.69) is 10.3 Å². The molecule has 0 fully saturated rings. The van der Waals surface area contributed by atoms with Crippen LogP contribution in [0.1, 0.15) is 25.7 Å². The van der Waals surface area contributed by atoms with E-state index >= 15 is 0 Å². The number of aliphatic hydroxyl groups is 2. The molecule has 0 saturated carbocycles. The molecule has 0 heterocycles. The number of hydrogen-bond acceptors (Lipinski definition) is 3. The summed E-state index contributed by atoms with van der Waals surface area (Å²) in [5.41, 5.74) is 5.55. The minimum absolute atomic E-state index is 0.208. The third-order valence-corrected chi connectivity index (χ3v) is 1.74. The zero-order valence-electron chi connectivity index (χ0n) is 8.58. The third-order valence-electron chi connectivity index (χ3n) is 1.74. The first-order valence-electron chi connectivity index (χ1n) is 5.06. The fourth-order valence-corrected chi connectivity index (χ4v) is 0.932. The van der Waals surface area contributed by atoms with Gasteiger partial charge in [0.15, 0.2) is 5.96 Å². The molecule has 0 amide bonds. The Bertz CT molecular complexity index is 151. The van der Waals surface area contributed by atoms with Crippen LogP contribution in [0.25, 0.3) is 0 Å². The van der Waals surface area contributed by atoms with Crippen LogP contribution < -0.4 is 11.1 Å². The van der Waals surface area contributed by atoms with E-state index in [4.69, 9.17) is 15.9 Å². The van der Waals surface area contributed by atoms with Crippen LogP contribution in [0.15, 0.2) is 4.99 Å². The van der Waals surface area contributed by atoms with Gasteiger partial charge < -0.3 is 21.3 Å². The highest BCUT2D eigenvalue weighted by Crippen LogP contribution is 1.87. The van der Waals surface area contributed by atoms with Gasteiger partial charge in [0, 0.05) is 26.3 Å². The minimum Gasteiger partial charge on any atom is -0.396 e. The number of hydrogen-bond donors (Lipinski definition) is 4. The van der Waals surface area contributed by atoms with E-state index in [1.165, 1.54) is 0 Å². The Morgan fingerprint density at radius 2 is 1.71 bits per heavy atom. The van der Waals surface area contributed by atoms with Crippen LogP contribution in [0.4, 0.5) is 0 Å². The Labute approximate surface area is 85.0 Å². The van der Waals surface area contributed by atoms with E-state index in [1.54, 1.807) is 0 Å². The van der Waals surface area contributed by atoms with E-state index in [0.29, 0.717) is 12.5 Å². The molecule has 0 aliphatic carbocycles. The summed E-state index contributed by atoms with van der Waals surface area (Å²) in [6, 6.07) is 0. The number of aliphatic imine (C=N–C) groups is 1. The summed E-state index contributed by atoms with van der Waals surface area (Å²) in [6.07, 6.45) is 3.30. The zero-order chi connectivity index (χ0) is 10.6. The Kier molecular flexibility index (Phi) is 9.68. The molecule has 84 valence electrons. The Hall–Kier alpha value is -0.810. The summed E-state index contributed by atoms with van der Waals surface area (Å²) in [5.74, 6) is 0.445. The van der Waals surface area contributed by atoms with E-state index in [0.717, 1.165) is 32.2 Å². The normalized spacial score (nSPS) is 11.7. The van der Waals surface area contributed by atoms with Gasteiger partial charge in [-0.3, -0.25) is 4.99 Å². The molecule has 0 atom stereocenters. The first kappa shape index (κ1) is 13.2. The molecular weight excluding hydrogens is 182 g/mol. The lowest BCUT2D eigenvalue weighted by Crippen LogP contribution is -2.32. The number of guanidine groups is 1. The highest BCUT2D eigenvalue weighted by atomic mass is 16.3. The molecule has 0 unspecified atom stereocenters. The molecule has 5 N–H and O–H groups in total. The van der Waals surface area contributed by atoms with Gasteiger partial charge in [-0.2, -0.15) is 0 Å². The summed E-state index contributed by atoms with van der Waals surface area (Å²) < 4.78 is 0. The maximum Gasteiger partial charge on any atom is 0.188 e. The van der Waals surface area contributed by atoms with Crippen LogP contribution in [-0.4, -0.2) is 42.5 Å². The molecule has 0 spiro atoms. The van der Waals surface area contributed by atoms with Crippen molar-refractivity contribution in [1.29, 1.82) is 0 Å². The molecule has 0 aromatic rings. The SMILES string of the molecule is NC(=NCCCCO)NCCCCO. The highest BCUT2D eigenvalue weighted by molar-refractivity contribution is 5.77. The van der Waals surface area contributed by atoms with Crippen molar-refractivity contribution in [1.82, 2.24) is 5.32 Å².